The van der Waals surface area contributed by atoms with Gasteiger partial charge in [-0.1, -0.05) is 0 Å². The van der Waals surface area contributed by atoms with Crippen molar-refractivity contribution in [3.63, 3.8) is 0 Å². The van der Waals surface area contributed by atoms with E-state index in [-0.39, 0.29) is 16.8 Å². The van der Waals surface area contributed by atoms with E-state index in [0.717, 1.165) is 6.20 Å². The number of rotatable bonds is 1. The van der Waals surface area contributed by atoms with Crippen LogP contribution < -0.4 is 0 Å². The van der Waals surface area contributed by atoms with Crippen molar-refractivity contribution in [2.75, 3.05) is 0 Å². The fourth-order valence-corrected chi connectivity index (χ4v) is 4.18. The molecule has 8 nitrogen and oxygen atoms in total. The Hall–Kier alpha value is -2.81. The van der Waals surface area contributed by atoms with Crippen molar-refractivity contribution in [1.82, 2.24) is 9.55 Å². The van der Waals surface area contributed by atoms with Gasteiger partial charge >= 0.3 is 6.18 Å². The van der Waals surface area contributed by atoms with Gasteiger partial charge in [0.2, 0.25) is 11.8 Å². The molecule has 148 valence electrons. The van der Waals surface area contributed by atoms with Crippen molar-refractivity contribution in [3.8, 4) is 23.5 Å². The SMILES string of the molecule is C[C@]12O[C@](C)(c3c1c(O)n(-c1cnc(C#N)c(C(F)(F)F)c1)c3O)[C@H](O)[C@H]2O. The quantitative estimate of drug-likeness (QED) is 0.571. The van der Waals surface area contributed by atoms with Gasteiger partial charge in [0.05, 0.1) is 28.6 Å². The molecule has 0 spiro atoms. The summed E-state index contributed by atoms with van der Waals surface area (Å²) in [6.45, 7) is 2.78. The van der Waals surface area contributed by atoms with E-state index in [9.17, 15) is 33.6 Å². The lowest BCUT2D eigenvalue weighted by Crippen LogP contribution is -2.44. The highest BCUT2D eigenvalue weighted by Crippen LogP contribution is 2.64. The monoisotopic (exact) mass is 397 g/mol. The molecular weight excluding hydrogens is 383 g/mol. The topological polar surface area (TPSA) is 132 Å². The zero-order valence-electron chi connectivity index (χ0n) is 14.5. The fraction of sp³-hybridized carbons (Fsp3) is 0.412. The van der Waals surface area contributed by atoms with Crippen LogP contribution >= 0.6 is 0 Å². The van der Waals surface area contributed by atoms with E-state index < -0.39 is 52.6 Å². The Labute approximate surface area is 155 Å². The highest BCUT2D eigenvalue weighted by atomic mass is 19.4. The van der Waals surface area contributed by atoms with Gasteiger partial charge in [0.25, 0.3) is 0 Å². The molecule has 4 heterocycles. The van der Waals surface area contributed by atoms with Gasteiger partial charge in [-0.3, -0.25) is 0 Å². The largest absolute Gasteiger partial charge is 0.494 e. The predicted molar refractivity (Wildman–Crippen MR) is 84.4 cm³/mol. The summed E-state index contributed by atoms with van der Waals surface area (Å²) in [5, 5.41) is 50.8. The van der Waals surface area contributed by atoms with E-state index in [1.807, 2.05) is 0 Å². The van der Waals surface area contributed by atoms with E-state index in [2.05, 4.69) is 4.98 Å². The number of hydrogen-bond acceptors (Lipinski definition) is 7. The average molecular weight is 397 g/mol. The number of aliphatic hydroxyl groups excluding tert-OH is 2. The Morgan fingerprint density at radius 1 is 1.14 bits per heavy atom. The molecule has 1 fully saturated rings. The lowest BCUT2D eigenvalue weighted by molar-refractivity contribution is -0.138. The number of aliphatic hydroxyl groups is 2. The first-order valence-corrected chi connectivity index (χ1v) is 8.09. The van der Waals surface area contributed by atoms with Crippen molar-refractivity contribution >= 4 is 0 Å². The van der Waals surface area contributed by atoms with Crippen LogP contribution in [0, 0.1) is 11.3 Å². The molecule has 0 amide bonds. The number of ether oxygens (including phenoxy) is 1. The minimum atomic E-state index is -4.89. The number of nitrogens with zero attached hydrogens (tertiary/aromatic N) is 3. The molecule has 2 aromatic rings. The van der Waals surface area contributed by atoms with E-state index in [0.29, 0.717) is 10.6 Å². The summed E-state index contributed by atoms with van der Waals surface area (Å²) < 4.78 is 46.1. The maximum absolute atomic E-state index is 13.2. The van der Waals surface area contributed by atoms with Crippen LogP contribution in [0.15, 0.2) is 12.3 Å². The van der Waals surface area contributed by atoms with Crippen LogP contribution in [-0.2, 0) is 22.1 Å². The predicted octanol–water partition coefficient (Wildman–Crippen LogP) is 1.37. The van der Waals surface area contributed by atoms with Crippen LogP contribution in [0.3, 0.4) is 0 Å². The summed E-state index contributed by atoms with van der Waals surface area (Å²) in [6.07, 6.45) is -6.86. The van der Waals surface area contributed by atoms with E-state index in [1.165, 1.54) is 19.9 Å². The minimum absolute atomic E-state index is 0.0387. The van der Waals surface area contributed by atoms with Crippen LogP contribution in [-0.4, -0.2) is 42.2 Å². The third-order valence-corrected chi connectivity index (χ3v) is 5.51. The first kappa shape index (κ1) is 18.5. The molecule has 2 aliphatic heterocycles. The molecule has 4 atom stereocenters. The number of aromatic nitrogens is 2. The second-order valence-corrected chi connectivity index (χ2v) is 7.14. The molecule has 4 N–H and O–H groups in total. The zero-order valence-corrected chi connectivity index (χ0v) is 14.5. The average Bonchev–Trinajstić information content (AvgIpc) is 3.10. The standard InChI is InChI=1S/C17H14F3N3O5/c1-15-9-10(16(2,28-15)12(25)11(15)24)14(27)23(13(9)26)6-3-7(17(18,19)20)8(4-21)22-5-6/h3,5,11-12,24-27H,1-2H3/t11-,12-,15-,16+/m1/s1. The summed E-state index contributed by atoms with van der Waals surface area (Å²) in [5.41, 5.74) is -5.79. The van der Waals surface area contributed by atoms with Gasteiger partial charge in [0.15, 0.2) is 5.69 Å². The smallest absolute Gasteiger partial charge is 0.419 e. The summed E-state index contributed by atoms with van der Waals surface area (Å²) in [5.74, 6) is -1.33. The van der Waals surface area contributed by atoms with Crippen LogP contribution in [0.4, 0.5) is 13.2 Å². The molecule has 0 aliphatic carbocycles. The van der Waals surface area contributed by atoms with Gasteiger partial charge in [-0.05, 0) is 19.9 Å². The van der Waals surface area contributed by atoms with Gasteiger partial charge in [0.1, 0.15) is 29.5 Å². The van der Waals surface area contributed by atoms with E-state index >= 15 is 0 Å². The molecule has 4 rings (SSSR count). The number of hydrogen-bond donors (Lipinski definition) is 4. The molecule has 1 saturated heterocycles. The summed E-state index contributed by atoms with van der Waals surface area (Å²) in [7, 11) is 0. The van der Waals surface area contributed by atoms with Gasteiger partial charge in [-0.2, -0.15) is 18.4 Å². The fourth-order valence-electron chi connectivity index (χ4n) is 4.18. The second kappa shape index (κ2) is 5.16. The molecule has 11 heteroatoms. The van der Waals surface area contributed by atoms with Gasteiger partial charge in [-0.15, -0.1) is 0 Å². The Morgan fingerprint density at radius 3 is 2.07 bits per heavy atom. The number of aromatic hydroxyl groups is 2. The van der Waals surface area contributed by atoms with Crippen LogP contribution in [0.25, 0.3) is 5.69 Å². The number of nitriles is 1. The maximum Gasteiger partial charge on any atom is 0.419 e. The van der Waals surface area contributed by atoms with Crippen LogP contribution in [0.5, 0.6) is 11.8 Å². The zero-order chi connectivity index (χ0) is 20.8. The highest BCUT2D eigenvalue weighted by Gasteiger charge is 2.69. The maximum atomic E-state index is 13.2. The van der Waals surface area contributed by atoms with Gasteiger partial charge in [0, 0.05) is 0 Å². The first-order valence-electron chi connectivity index (χ1n) is 8.09. The Balaban J connectivity index is 1.99. The lowest BCUT2D eigenvalue weighted by Gasteiger charge is -2.29. The van der Waals surface area contributed by atoms with Crippen molar-refractivity contribution in [2.45, 2.75) is 43.4 Å². The van der Waals surface area contributed by atoms with Gasteiger partial charge in [-0.25, -0.2) is 9.55 Å². The number of pyridine rings is 1. The first-order chi connectivity index (χ1) is 12.9. The third kappa shape index (κ3) is 1.97. The molecule has 0 unspecified atom stereocenters. The molecule has 0 radical (unpaired) electrons. The molecule has 28 heavy (non-hydrogen) atoms. The summed E-state index contributed by atoms with van der Waals surface area (Å²) in [4.78, 5) is 3.47. The van der Waals surface area contributed by atoms with Crippen molar-refractivity contribution in [2.24, 2.45) is 0 Å². The normalized spacial score (nSPS) is 31.1. The lowest BCUT2D eigenvalue weighted by atomic mass is 9.76. The molecule has 2 aliphatic rings. The number of fused-ring (bicyclic) bond motifs is 5. The van der Waals surface area contributed by atoms with Gasteiger partial charge < -0.3 is 25.2 Å². The van der Waals surface area contributed by atoms with E-state index in [1.54, 1.807) is 0 Å². The van der Waals surface area contributed by atoms with Crippen LogP contribution in [0.2, 0.25) is 0 Å². The van der Waals surface area contributed by atoms with Crippen LogP contribution in [0.1, 0.15) is 36.2 Å². The van der Waals surface area contributed by atoms with Crippen molar-refractivity contribution < 1.29 is 38.3 Å². The molecule has 2 bridgehead atoms. The second-order valence-electron chi connectivity index (χ2n) is 7.14. The Bertz CT molecular complexity index is 1020. The molecule has 0 saturated carbocycles. The molecule has 0 aromatic carbocycles. The Morgan fingerprint density at radius 2 is 1.64 bits per heavy atom. The summed E-state index contributed by atoms with van der Waals surface area (Å²) in [6, 6.07) is 1.92. The highest BCUT2D eigenvalue weighted by molar-refractivity contribution is 5.62. The summed E-state index contributed by atoms with van der Waals surface area (Å²) >= 11 is 0. The number of halogens is 3. The van der Waals surface area contributed by atoms with Crippen molar-refractivity contribution in [1.29, 1.82) is 5.26 Å². The molecule has 2 aromatic heterocycles. The van der Waals surface area contributed by atoms with E-state index in [4.69, 9.17) is 10.00 Å². The Kier molecular flexibility index (Phi) is 3.42. The third-order valence-electron chi connectivity index (χ3n) is 5.51. The molecular formula is C17H14F3N3O5. The minimum Gasteiger partial charge on any atom is -0.494 e. The number of alkyl halides is 3. The van der Waals surface area contributed by atoms with Crippen molar-refractivity contribution in [3.05, 3.63) is 34.6 Å².